The zero-order chi connectivity index (χ0) is 14.8. The molecule has 0 unspecified atom stereocenters. The standard InChI is InChI=1S/C16H16N2O3/c1-20-9-10-3-2-4-12(5-10)21-15-8-14-11(6-13(15)17)7-16(19)18-14/h2-6,8H,7,9,17H2,1H3,(H,18,19). The minimum absolute atomic E-state index is 0.0244. The van der Waals surface area contributed by atoms with E-state index in [0.29, 0.717) is 30.2 Å². The summed E-state index contributed by atoms with van der Waals surface area (Å²) in [4.78, 5) is 11.4. The van der Waals surface area contributed by atoms with Crippen LogP contribution in [0.4, 0.5) is 11.4 Å². The van der Waals surface area contributed by atoms with Crippen molar-refractivity contribution in [1.82, 2.24) is 0 Å². The lowest BCUT2D eigenvalue weighted by Crippen LogP contribution is -2.03. The lowest BCUT2D eigenvalue weighted by Gasteiger charge is -2.11. The molecule has 0 bridgehead atoms. The molecule has 1 amide bonds. The molecule has 0 spiro atoms. The first kappa shape index (κ1) is 13.5. The summed E-state index contributed by atoms with van der Waals surface area (Å²) in [6.07, 6.45) is 0.364. The van der Waals surface area contributed by atoms with E-state index in [2.05, 4.69) is 5.32 Å². The second kappa shape index (κ2) is 5.46. The fourth-order valence-electron chi connectivity index (χ4n) is 2.35. The summed E-state index contributed by atoms with van der Waals surface area (Å²) in [6, 6.07) is 11.1. The van der Waals surface area contributed by atoms with Gasteiger partial charge in [-0.1, -0.05) is 12.1 Å². The number of carbonyl (C=O) groups excluding carboxylic acids is 1. The molecule has 1 heterocycles. The Labute approximate surface area is 122 Å². The number of rotatable bonds is 4. The molecule has 2 aromatic carbocycles. The fourth-order valence-corrected chi connectivity index (χ4v) is 2.35. The first-order valence-corrected chi connectivity index (χ1v) is 6.63. The van der Waals surface area contributed by atoms with Gasteiger partial charge in [-0.2, -0.15) is 0 Å². The molecule has 0 aromatic heterocycles. The predicted molar refractivity (Wildman–Crippen MR) is 80.4 cm³/mol. The van der Waals surface area contributed by atoms with Crippen molar-refractivity contribution in [3.8, 4) is 11.5 Å². The summed E-state index contributed by atoms with van der Waals surface area (Å²) in [6.45, 7) is 0.521. The zero-order valence-electron chi connectivity index (χ0n) is 11.7. The number of anilines is 2. The van der Waals surface area contributed by atoms with Gasteiger partial charge in [0.25, 0.3) is 0 Å². The summed E-state index contributed by atoms with van der Waals surface area (Å²) < 4.78 is 10.9. The Morgan fingerprint density at radius 2 is 2.14 bits per heavy atom. The van der Waals surface area contributed by atoms with E-state index in [9.17, 15) is 4.79 Å². The number of amides is 1. The van der Waals surface area contributed by atoms with Crippen LogP contribution in [0.25, 0.3) is 0 Å². The minimum atomic E-state index is -0.0244. The number of methoxy groups -OCH3 is 1. The van der Waals surface area contributed by atoms with Crippen molar-refractivity contribution in [2.75, 3.05) is 18.2 Å². The molecule has 5 heteroatoms. The molecule has 0 saturated heterocycles. The van der Waals surface area contributed by atoms with Gasteiger partial charge in [0.2, 0.25) is 5.91 Å². The summed E-state index contributed by atoms with van der Waals surface area (Å²) in [5.41, 5.74) is 9.19. The summed E-state index contributed by atoms with van der Waals surface area (Å²) >= 11 is 0. The molecular weight excluding hydrogens is 268 g/mol. The third-order valence-corrected chi connectivity index (χ3v) is 3.30. The molecule has 3 N–H and O–H groups in total. The number of nitrogen functional groups attached to an aromatic ring is 1. The van der Waals surface area contributed by atoms with E-state index in [4.69, 9.17) is 15.2 Å². The van der Waals surface area contributed by atoms with Gasteiger partial charge in [0.15, 0.2) is 5.75 Å². The van der Waals surface area contributed by atoms with Crippen molar-refractivity contribution in [3.05, 3.63) is 47.5 Å². The van der Waals surface area contributed by atoms with Crippen LogP contribution in [0.5, 0.6) is 11.5 Å². The number of nitrogens with one attached hydrogen (secondary N) is 1. The zero-order valence-corrected chi connectivity index (χ0v) is 11.7. The summed E-state index contributed by atoms with van der Waals surface area (Å²) in [7, 11) is 1.65. The fraction of sp³-hybridized carbons (Fsp3) is 0.188. The van der Waals surface area contributed by atoms with E-state index in [1.54, 1.807) is 19.2 Å². The van der Waals surface area contributed by atoms with Gasteiger partial charge in [-0.25, -0.2) is 0 Å². The second-order valence-corrected chi connectivity index (χ2v) is 4.95. The molecule has 0 aliphatic carbocycles. The average Bonchev–Trinajstić information content (AvgIpc) is 2.79. The van der Waals surface area contributed by atoms with Crippen LogP contribution in [0, 0.1) is 0 Å². The van der Waals surface area contributed by atoms with Gasteiger partial charge in [-0.05, 0) is 29.3 Å². The number of fused-ring (bicyclic) bond motifs is 1. The Morgan fingerprint density at radius 3 is 2.95 bits per heavy atom. The summed E-state index contributed by atoms with van der Waals surface area (Å²) in [5, 5.41) is 2.79. The highest BCUT2D eigenvalue weighted by Gasteiger charge is 2.20. The van der Waals surface area contributed by atoms with Gasteiger partial charge in [0.1, 0.15) is 5.75 Å². The van der Waals surface area contributed by atoms with E-state index in [0.717, 1.165) is 16.8 Å². The maximum Gasteiger partial charge on any atom is 0.228 e. The summed E-state index contributed by atoms with van der Waals surface area (Å²) in [5.74, 6) is 1.19. The van der Waals surface area contributed by atoms with Crippen molar-refractivity contribution in [3.63, 3.8) is 0 Å². The van der Waals surface area contributed by atoms with Gasteiger partial charge in [0.05, 0.1) is 18.7 Å². The second-order valence-electron chi connectivity index (χ2n) is 4.95. The number of carbonyl (C=O) groups is 1. The Hall–Kier alpha value is -2.53. The van der Waals surface area contributed by atoms with Crippen LogP contribution in [-0.4, -0.2) is 13.0 Å². The maximum absolute atomic E-state index is 11.4. The van der Waals surface area contributed by atoms with Gasteiger partial charge in [-0.3, -0.25) is 4.79 Å². The van der Waals surface area contributed by atoms with E-state index in [1.165, 1.54) is 0 Å². The van der Waals surface area contributed by atoms with Crippen LogP contribution in [0.2, 0.25) is 0 Å². The van der Waals surface area contributed by atoms with Crippen molar-refractivity contribution < 1.29 is 14.3 Å². The molecular formula is C16H16N2O3. The van der Waals surface area contributed by atoms with E-state index in [-0.39, 0.29) is 5.91 Å². The first-order chi connectivity index (χ1) is 10.2. The van der Waals surface area contributed by atoms with Crippen molar-refractivity contribution >= 4 is 17.3 Å². The molecule has 3 rings (SSSR count). The van der Waals surface area contributed by atoms with Crippen molar-refractivity contribution in [2.45, 2.75) is 13.0 Å². The molecule has 1 aliphatic heterocycles. The third-order valence-electron chi connectivity index (χ3n) is 3.30. The first-order valence-electron chi connectivity index (χ1n) is 6.63. The quantitative estimate of drug-likeness (QED) is 0.847. The van der Waals surface area contributed by atoms with Crippen molar-refractivity contribution in [1.29, 1.82) is 0 Å². The number of benzene rings is 2. The van der Waals surface area contributed by atoms with Crippen LogP contribution in [-0.2, 0) is 22.6 Å². The lowest BCUT2D eigenvalue weighted by atomic mass is 10.1. The minimum Gasteiger partial charge on any atom is -0.455 e. The largest absolute Gasteiger partial charge is 0.455 e. The van der Waals surface area contributed by atoms with Gasteiger partial charge >= 0.3 is 0 Å². The molecule has 0 radical (unpaired) electrons. The Morgan fingerprint density at radius 1 is 1.29 bits per heavy atom. The van der Waals surface area contributed by atoms with Gasteiger partial charge < -0.3 is 20.5 Å². The third kappa shape index (κ3) is 2.83. The molecule has 2 aromatic rings. The predicted octanol–water partition coefficient (Wildman–Crippen LogP) is 2.70. The molecule has 0 saturated carbocycles. The average molecular weight is 284 g/mol. The van der Waals surface area contributed by atoms with E-state index in [1.807, 2.05) is 24.3 Å². The van der Waals surface area contributed by atoms with Crippen LogP contribution < -0.4 is 15.8 Å². The monoisotopic (exact) mass is 284 g/mol. The Kier molecular flexibility index (Phi) is 3.50. The Bertz CT molecular complexity index is 698. The molecule has 5 nitrogen and oxygen atoms in total. The smallest absolute Gasteiger partial charge is 0.228 e. The SMILES string of the molecule is COCc1cccc(Oc2cc3c(cc2N)CC(=O)N3)c1. The highest BCUT2D eigenvalue weighted by Crippen LogP contribution is 2.35. The highest BCUT2D eigenvalue weighted by atomic mass is 16.5. The molecule has 0 fully saturated rings. The molecule has 108 valence electrons. The molecule has 0 atom stereocenters. The molecule has 21 heavy (non-hydrogen) atoms. The van der Waals surface area contributed by atoms with Crippen LogP contribution in [0.3, 0.4) is 0 Å². The lowest BCUT2D eigenvalue weighted by molar-refractivity contribution is -0.115. The van der Waals surface area contributed by atoms with Crippen LogP contribution in [0.1, 0.15) is 11.1 Å². The van der Waals surface area contributed by atoms with E-state index < -0.39 is 0 Å². The number of ether oxygens (including phenoxy) is 2. The topological polar surface area (TPSA) is 73.6 Å². The molecule has 1 aliphatic rings. The van der Waals surface area contributed by atoms with Crippen LogP contribution in [0.15, 0.2) is 36.4 Å². The van der Waals surface area contributed by atoms with Crippen LogP contribution >= 0.6 is 0 Å². The highest BCUT2D eigenvalue weighted by molar-refractivity contribution is 6.00. The van der Waals surface area contributed by atoms with Gasteiger partial charge in [0, 0.05) is 18.9 Å². The Balaban J connectivity index is 1.87. The van der Waals surface area contributed by atoms with Crippen molar-refractivity contribution in [2.24, 2.45) is 0 Å². The van der Waals surface area contributed by atoms with E-state index >= 15 is 0 Å². The normalized spacial score (nSPS) is 12.9. The number of hydrogen-bond acceptors (Lipinski definition) is 4. The van der Waals surface area contributed by atoms with Gasteiger partial charge in [-0.15, -0.1) is 0 Å². The number of hydrogen-bond donors (Lipinski definition) is 2. The maximum atomic E-state index is 11.4. The number of nitrogens with two attached hydrogens (primary N) is 1.